The van der Waals surface area contributed by atoms with E-state index < -0.39 is 11.6 Å². The van der Waals surface area contributed by atoms with Gasteiger partial charge in [0.1, 0.15) is 12.3 Å². The third-order valence-electron chi connectivity index (χ3n) is 6.60. The van der Waals surface area contributed by atoms with Crippen molar-refractivity contribution in [1.29, 1.82) is 0 Å². The number of fused-ring (bicyclic) bond motifs is 3. The van der Waals surface area contributed by atoms with Crippen LogP contribution in [0.4, 0.5) is 4.79 Å². The molecule has 3 aliphatic heterocycles. The quantitative estimate of drug-likeness (QED) is 0.760. The summed E-state index contributed by atoms with van der Waals surface area (Å²) in [4.78, 5) is 42.0. The molecule has 4 aliphatic rings. The molecule has 5 rings (SSSR count). The Labute approximate surface area is 169 Å². The first-order chi connectivity index (χ1) is 14.1. The van der Waals surface area contributed by atoms with Crippen LogP contribution in [0.5, 0.6) is 5.75 Å². The number of hydrogen-bond acceptors (Lipinski definition) is 5. The lowest BCUT2D eigenvalue weighted by atomic mass is 9.84. The minimum atomic E-state index is -1.15. The molecule has 0 radical (unpaired) electrons. The zero-order valence-corrected chi connectivity index (χ0v) is 16.3. The highest BCUT2D eigenvalue weighted by atomic mass is 16.5. The van der Waals surface area contributed by atoms with E-state index in [4.69, 9.17) is 9.47 Å². The zero-order chi connectivity index (χ0) is 20.0. The van der Waals surface area contributed by atoms with Gasteiger partial charge >= 0.3 is 6.03 Å². The molecule has 3 atom stereocenters. The molecule has 3 unspecified atom stereocenters. The molecule has 3 fully saturated rings. The molecule has 1 aromatic rings. The minimum Gasteiger partial charge on any atom is -0.493 e. The molecule has 1 spiro atoms. The average molecular weight is 399 g/mol. The zero-order valence-electron chi connectivity index (χ0n) is 16.3. The number of amides is 4. The molecule has 3 heterocycles. The second-order valence-electron chi connectivity index (χ2n) is 8.17. The summed E-state index contributed by atoms with van der Waals surface area (Å²) in [5.41, 5.74) is -0.497. The topological polar surface area (TPSA) is 88.2 Å². The number of nitrogens with zero attached hydrogens (tertiary/aromatic N) is 2. The third-order valence-corrected chi connectivity index (χ3v) is 6.60. The molecule has 1 aromatic carbocycles. The Bertz CT molecular complexity index is 856. The SMILES string of the molecule is O=C1NC2(CCOc3ccccc32)C(=O)N1CC(=O)N1CCOC2CCCCC21. The second-order valence-corrected chi connectivity index (χ2v) is 8.17. The predicted octanol–water partition coefficient (Wildman–Crippen LogP) is 1.39. The van der Waals surface area contributed by atoms with Crippen LogP contribution >= 0.6 is 0 Å². The maximum Gasteiger partial charge on any atom is 0.325 e. The van der Waals surface area contributed by atoms with Gasteiger partial charge in [-0.1, -0.05) is 31.0 Å². The number of morpholine rings is 1. The lowest BCUT2D eigenvalue weighted by Crippen LogP contribution is -2.57. The standard InChI is InChI=1S/C21H25N3O5/c25-18(23-10-12-29-17-8-4-2-6-15(17)23)13-24-19(26)21(22-20(24)27)9-11-28-16-7-3-1-5-14(16)21/h1,3,5,7,15,17H,2,4,6,8-13H2,(H,22,27). The van der Waals surface area contributed by atoms with E-state index in [2.05, 4.69) is 5.32 Å². The Hall–Kier alpha value is -2.61. The lowest BCUT2D eigenvalue weighted by molar-refractivity contribution is -0.152. The molecule has 1 N–H and O–H groups in total. The number of ether oxygens (including phenoxy) is 2. The fourth-order valence-electron chi connectivity index (χ4n) is 5.15. The minimum absolute atomic E-state index is 0.0449. The van der Waals surface area contributed by atoms with Crippen LogP contribution in [-0.4, -0.2) is 66.1 Å². The molecular formula is C21H25N3O5. The van der Waals surface area contributed by atoms with Crippen molar-refractivity contribution < 1.29 is 23.9 Å². The monoisotopic (exact) mass is 399 g/mol. The van der Waals surface area contributed by atoms with Gasteiger partial charge in [0.25, 0.3) is 5.91 Å². The smallest absolute Gasteiger partial charge is 0.325 e. The van der Waals surface area contributed by atoms with Crippen LogP contribution in [0.2, 0.25) is 0 Å². The maximum absolute atomic E-state index is 13.3. The van der Waals surface area contributed by atoms with Gasteiger partial charge in [-0.2, -0.15) is 0 Å². The number of carbonyl (C=O) groups is 3. The highest BCUT2D eigenvalue weighted by Crippen LogP contribution is 2.41. The fraction of sp³-hybridized carbons (Fsp3) is 0.571. The second kappa shape index (κ2) is 7.02. The van der Waals surface area contributed by atoms with Gasteiger partial charge in [-0.25, -0.2) is 4.79 Å². The van der Waals surface area contributed by atoms with Crippen LogP contribution in [0.3, 0.4) is 0 Å². The van der Waals surface area contributed by atoms with E-state index in [1.165, 1.54) is 0 Å². The van der Waals surface area contributed by atoms with E-state index in [-0.39, 0.29) is 30.5 Å². The van der Waals surface area contributed by atoms with E-state index in [1.54, 1.807) is 12.1 Å². The number of carbonyl (C=O) groups excluding carboxylic acids is 3. The van der Waals surface area contributed by atoms with Crippen molar-refractivity contribution >= 4 is 17.8 Å². The van der Waals surface area contributed by atoms with Gasteiger partial charge in [0.05, 0.1) is 25.4 Å². The molecule has 29 heavy (non-hydrogen) atoms. The predicted molar refractivity (Wildman–Crippen MR) is 102 cm³/mol. The summed E-state index contributed by atoms with van der Waals surface area (Å²) in [6.45, 7) is 1.10. The summed E-state index contributed by atoms with van der Waals surface area (Å²) in [6, 6.07) is 6.77. The first kappa shape index (κ1) is 18.4. The molecule has 1 aliphatic carbocycles. The summed E-state index contributed by atoms with van der Waals surface area (Å²) in [5.74, 6) is 0.0324. The number of imide groups is 1. The van der Waals surface area contributed by atoms with Gasteiger partial charge in [0.15, 0.2) is 5.54 Å². The Morgan fingerprint density at radius 1 is 1.17 bits per heavy atom. The average Bonchev–Trinajstić information content (AvgIpc) is 2.98. The number of benzene rings is 1. The van der Waals surface area contributed by atoms with Crippen LogP contribution in [0.1, 0.15) is 37.7 Å². The van der Waals surface area contributed by atoms with E-state index >= 15 is 0 Å². The molecule has 154 valence electrons. The van der Waals surface area contributed by atoms with Crippen molar-refractivity contribution in [3.8, 4) is 5.75 Å². The molecule has 8 heteroatoms. The van der Waals surface area contributed by atoms with Crippen molar-refractivity contribution in [2.75, 3.05) is 26.3 Å². The van der Waals surface area contributed by atoms with Gasteiger partial charge in [-0.15, -0.1) is 0 Å². The van der Waals surface area contributed by atoms with E-state index in [9.17, 15) is 14.4 Å². The van der Waals surface area contributed by atoms with Gasteiger partial charge in [0, 0.05) is 18.5 Å². The Balaban J connectivity index is 1.37. The number of nitrogens with one attached hydrogen (secondary N) is 1. The fourth-order valence-corrected chi connectivity index (χ4v) is 5.15. The lowest BCUT2D eigenvalue weighted by Gasteiger charge is -2.44. The van der Waals surface area contributed by atoms with Crippen LogP contribution in [0.25, 0.3) is 0 Å². The van der Waals surface area contributed by atoms with Crippen molar-refractivity contribution in [2.24, 2.45) is 0 Å². The Morgan fingerprint density at radius 2 is 2.00 bits per heavy atom. The van der Waals surface area contributed by atoms with Crippen molar-refractivity contribution in [1.82, 2.24) is 15.1 Å². The van der Waals surface area contributed by atoms with Crippen LogP contribution in [0, 0.1) is 0 Å². The summed E-state index contributed by atoms with van der Waals surface area (Å²) < 4.78 is 11.5. The molecule has 2 saturated heterocycles. The van der Waals surface area contributed by atoms with Gasteiger partial charge in [-0.05, 0) is 18.9 Å². The van der Waals surface area contributed by atoms with Crippen LogP contribution in [-0.2, 0) is 19.9 Å². The largest absolute Gasteiger partial charge is 0.493 e. The number of para-hydroxylation sites is 1. The highest BCUT2D eigenvalue weighted by molar-refractivity contribution is 6.09. The van der Waals surface area contributed by atoms with Crippen molar-refractivity contribution in [3.63, 3.8) is 0 Å². The number of urea groups is 1. The number of rotatable bonds is 2. The van der Waals surface area contributed by atoms with Crippen LogP contribution in [0.15, 0.2) is 24.3 Å². The molecule has 4 amide bonds. The maximum atomic E-state index is 13.3. The van der Waals surface area contributed by atoms with Crippen LogP contribution < -0.4 is 10.1 Å². The van der Waals surface area contributed by atoms with E-state index in [0.717, 1.165) is 30.6 Å². The molecule has 1 saturated carbocycles. The normalized spacial score (nSPS) is 31.2. The van der Waals surface area contributed by atoms with Crippen molar-refractivity contribution in [2.45, 2.75) is 49.8 Å². The first-order valence-electron chi connectivity index (χ1n) is 10.4. The summed E-state index contributed by atoms with van der Waals surface area (Å²) in [6.07, 6.45) is 4.46. The summed E-state index contributed by atoms with van der Waals surface area (Å²) >= 11 is 0. The van der Waals surface area contributed by atoms with Gasteiger partial charge < -0.3 is 19.7 Å². The third kappa shape index (κ3) is 2.88. The molecule has 0 aromatic heterocycles. The first-order valence-corrected chi connectivity index (χ1v) is 10.4. The summed E-state index contributed by atoms with van der Waals surface area (Å²) in [5, 5.41) is 2.85. The van der Waals surface area contributed by atoms with Gasteiger partial charge in [-0.3, -0.25) is 14.5 Å². The van der Waals surface area contributed by atoms with Crippen molar-refractivity contribution in [3.05, 3.63) is 29.8 Å². The van der Waals surface area contributed by atoms with E-state index in [0.29, 0.717) is 37.5 Å². The molecule has 8 nitrogen and oxygen atoms in total. The molecule has 0 bridgehead atoms. The van der Waals surface area contributed by atoms with E-state index in [1.807, 2.05) is 17.0 Å². The van der Waals surface area contributed by atoms with Gasteiger partial charge in [0.2, 0.25) is 5.91 Å². The summed E-state index contributed by atoms with van der Waals surface area (Å²) in [7, 11) is 0. The number of hydrogen-bond donors (Lipinski definition) is 1. The molecular weight excluding hydrogens is 374 g/mol. The Morgan fingerprint density at radius 3 is 2.90 bits per heavy atom. The highest BCUT2D eigenvalue weighted by Gasteiger charge is 2.55. The Kier molecular flexibility index (Phi) is 4.46.